The second-order valence-electron chi connectivity index (χ2n) is 2.88. The first-order valence-electron chi connectivity index (χ1n) is 3.95. The van der Waals surface area contributed by atoms with Gasteiger partial charge in [0.05, 0.1) is 0 Å². The van der Waals surface area contributed by atoms with Gasteiger partial charge in [-0.1, -0.05) is 11.3 Å². The lowest BCUT2D eigenvalue weighted by atomic mass is 10.4. The number of carbonyl (C=O) groups is 1. The summed E-state index contributed by atoms with van der Waals surface area (Å²) in [5.41, 5.74) is 0. The van der Waals surface area contributed by atoms with Crippen molar-refractivity contribution in [2.45, 2.75) is 26.8 Å². The summed E-state index contributed by atoms with van der Waals surface area (Å²) < 4.78 is 0. The van der Waals surface area contributed by atoms with Crippen LogP contribution in [-0.2, 0) is 0 Å². The van der Waals surface area contributed by atoms with E-state index in [1.165, 1.54) is 11.3 Å². The van der Waals surface area contributed by atoms with E-state index in [-0.39, 0.29) is 12.1 Å². The molecule has 0 aliphatic carbocycles. The van der Waals surface area contributed by atoms with Gasteiger partial charge in [0.25, 0.3) is 0 Å². The Kier molecular flexibility index (Phi) is 3.18. The average molecular weight is 200 g/mol. The van der Waals surface area contributed by atoms with E-state index in [1.54, 1.807) is 0 Å². The summed E-state index contributed by atoms with van der Waals surface area (Å²) in [6, 6.07) is -0.125. The number of urea groups is 1. The number of anilines is 1. The summed E-state index contributed by atoms with van der Waals surface area (Å²) in [7, 11) is 0. The number of hydrogen-bond donors (Lipinski definition) is 2. The Balaban J connectivity index is 2.45. The largest absolute Gasteiger partial charge is 0.336 e. The quantitative estimate of drug-likeness (QED) is 0.757. The molecule has 72 valence electrons. The minimum atomic E-state index is -0.244. The summed E-state index contributed by atoms with van der Waals surface area (Å²) >= 11 is 1.35. The molecule has 0 atom stereocenters. The SMILES string of the molecule is Cc1nnc(NC(=O)NC(C)C)s1. The molecule has 1 heterocycles. The zero-order valence-electron chi connectivity index (χ0n) is 7.79. The van der Waals surface area contributed by atoms with Crippen LogP contribution in [0.25, 0.3) is 0 Å². The maximum absolute atomic E-state index is 11.1. The van der Waals surface area contributed by atoms with Crippen molar-refractivity contribution in [1.82, 2.24) is 15.5 Å². The third-order valence-corrected chi connectivity index (χ3v) is 1.92. The molecule has 0 aliphatic heterocycles. The van der Waals surface area contributed by atoms with Gasteiger partial charge in [0.1, 0.15) is 5.01 Å². The van der Waals surface area contributed by atoms with Gasteiger partial charge in [-0.15, -0.1) is 10.2 Å². The molecule has 0 unspecified atom stereocenters. The topological polar surface area (TPSA) is 66.9 Å². The van der Waals surface area contributed by atoms with Crippen molar-refractivity contribution in [3.8, 4) is 0 Å². The van der Waals surface area contributed by atoms with Crippen molar-refractivity contribution in [2.24, 2.45) is 0 Å². The predicted molar refractivity (Wildman–Crippen MR) is 51.9 cm³/mol. The zero-order valence-corrected chi connectivity index (χ0v) is 8.60. The Morgan fingerprint density at radius 2 is 2.15 bits per heavy atom. The first-order chi connectivity index (χ1) is 6.08. The van der Waals surface area contributed by atoms with Crippen LogP contribution in [0, 0.1) is 6.92 Å². The Labute approximate surface area is 80.6 Å². The number of aromatic nitrogens is 2. The lowest BCUT2D eigenvalue weighted by Crippen LogP contribution is -2.34. The van der Waals surface area contributed by atoms with E-state index in [0.29, 0.717) is 5.13 Å². The molecular weight excluding hydrogens is 188 g/mol. The molecule has 0 fully saturated rings. The molecule has 0 radical (unpaired) electrons. The van der Waals surface area contributed by atoms with Crippen molar-refractivity contribution in [2.75, 3.05) is 5.32 Å². The molecule has 13 heavy (non-hydrogen) atoms. The lowest BCUT2D eigenvalue weighted by Gasteiger charge is -2.06. The van der Waals surface area contributed by atoms with Crippen LogP contribution in [0.4, 0.5) is 9.93 Å². The van der Waals surface area contributed by atoms with Gasteiger partial charge < -0.3 is 5.32 Å². The van der Waals surface area contributed by atoms with E-state index in [1.807, 2.05) is 20.8 Å². The minimum Gasteiger partial charge on any atom is -0.336 e. The third-order valence-electron chi connectivity index (χ3n) is 1.17. The van der Waals surface area contributed by atoms with E-state index in [2.05, 4.69) is 20.8 Å². The summed E-state index contributed by atoms with van der Waals surface area (Å²) in [5, 5.41) is 14.2. The molecule has 0 saturated heterocycles. The molecule has 0 aliphatic rings. The molecule has 2 N–H and O–H groups in total. The van der Waals surface area contributed by atoms with E-state index < -0.39 is 0 Å². The maximum Gasteiger partial charge on any atom is 0.321 e. The molecule has 0 bridgehead atoms. The van der Waals surface area contributed by atoms with Crippen LogP contribution in [-0.4, -0.2) is 22.3 Å². The van der Waals surface area contributed by atoms with E-state index in [4.69, 9.17) is 0 Å². The lowest BCUT2D eigenvalue weighted by molar-refractivity contribution is 0.250. The van der Waals surface area contributed by atoms with Crippen LogP contribution in [0.2, 0.25) is 0 Å². The first-order valence-corrected chi connectivity index (χ1v) is 4.77. The Morgan fingerprint density at radius 3 is 2.62 bits per heavy atom. The van der Waals surface area contributed by atoms with Crippen LogP contribution in [0.3, 0.4) is 0 Å². The van der Waals surface area contributed by atoms with Crippen LogP contribution in [0.15, 0.2) is 0 Å². The van der Waals surface area contributed by atoms with E-state index in [9.17, 15) is 4.79 Å². The molecule has 0 spiro atoms. The van der Waals surface area contributed by atoms with Gasteiger partial charge in [0.2, 0.25) is 5.13 Å². The highest BCUT2D eigenvalue weighted by Gasteiger charge is 2.05. The number of rotatable bonds is 2. The van der Waals surface area contributed by atoms with Crippen molar-refractivity contribution in [1.29, 1.82) is 0 Å². The summed E-state index contributed by atoms with van der Waals surface area (Å²) in [5.74, 6) is 0. The van der Waals surface area contributed by atoms with Gasteiger partial charge in [0.15, 0.2) is 0 Å². The highest BCUT2D eigenvalue weighted by molar-refractivity contribution is 7.15. The number of nitrogens with zero attached hydrogens (tertiary/aromatic N) is 2. The molecule has 1 aromatic heterocycles. The normalized spacial score (nSPS) is 10.2. The number of nitrogens with one attached hydrogen (secondary N) is 2. The Hall–Kier alpha value is -1.17. The van der Waals surface area contributed by atoms with E-state index in [0.717, 1.165) is 5.01 Å². The number of carbonyl (C=O) groups excluding carboxylic acids is 1. The van der Waals surface area contributed by atoms with Crippen LogP contribution in [0.5, 0.6) is 0 Å². The number of hydrogen-bond acceptors (Lipinski definition) is 4. The molecule has 0 saturated carbocycles. The average Bonchev–Trinajstić information content (AvgIpc) is 2.33. The van der Waals surface area contributed by atoms with Gasteiger partial charge in [0, 0.05) is 6.04 Å². The molecule has 5 nitrogen and oxygen atoms in total. The second-order valence-corrected chi connectivity index (χ2v) is 4.06. The summed E-state index contributed by atoms with van der Waals surface area (Å²) in [6.45, 7) is 5.62. The fourth-order valence-electron chi connectivity index (χ4n) is 0.742. The Bertz CT molecular complexity index is 296. The molecule has 0 aromatic carbocycles. The monoisotopic (exact) mass is 200 g/mol. The highest BCUT2D eigenvalue weighted by Crippen LogP contribution is 2.12. The second kappa shape index (κ2) is 4.18. The van der Waals surface area contributed by atoms with E-state index >= 15 is 0 Å². The standard InChI is InChI=1S/C7H12N4OS/c1-4(2)8-6(12)9-7-11-10-5(3)13-7/h4H,1-3H3,(H2,8,9,11,12). The first kappa shape index (κ1) is 9.91. The third kappa shape index (κ3) is 3.37. The van der Waals surface area contributed by atoms with Gasteiger partial charge in [-0.3, -0.25) is 5.32 Å². The summed E-state index contributed by atoms with van der Waals surface area (Å²) in [4.78, 5) is 11.1. The van der Waals surface area contributed by atoms with Crippen LogP contribution >= 0.6 is 11.3 Å². The molecule has 2 amide bonds. The fourth-order valence-corrected chi connectivity index (χ4v) is 1.33. The fraction of sp³-hybridized carbons (Fsp3) is 0.571. The zero-order chi connectivity index (χ0) is 9.84. The van der Waals surface area contributed by atoms with Gasteiger partial charge in [-0.25, -0.2) is 4.79 Å². The molecular formula is C7H12N4OS. The van der Waals surface area contributed by atoms with Gasteiger partial charge >= 0.3 is 6.03 Å². The molecule has 1 aromatic rings. The number of amides is 2. The van der Waals surface area contributed by atoms with Gasteiger partial charge in [-0.2, -0.15) is 0 Å². The number of aryl methyl sites for hydroxylation is 1. The molecule has 1 rings (SSSR count). The smallest absolute Gasteiger partial charge is 0.321 e. The van der Waals surface area contributed by atoms with Crippen LogP contribution < -0.4 is 10.6 Å². The van der Waals surface area contributed by atoms with Crippen molar-refractivity contribution in [3.63, 3.8) is 0 Å². The minimum absolute atomic E-state index is 0.119. The molecule has 6 heteroatoms. The van der Waals surface area contributed by atoms with Crippen molar-refractivity contribution < 1.29 is 4.79 Å². The predicted octanol–water partition coefficient (Wildman–Crippen LogP) is 1.38. The van der Waals surface area contributed by atoms with Crippen molar-refractivity contribution in [3.05, 3.63) is 5.01 Å². The Morgan fingerprint density at radius 1 is 1.46 bits per heavy atom. The summed E-state index contributed by atoms with van der Waals surface area (Å²) in [6.07, 6.45) is 0. The van der Waals surface area contributed by atoms with Gasteiger partial charge in [-0.05, 0) is 20.8 Å². The van der Waals surface area contributed by atoms with Crippen molar-refractivity contribution >= 4 is 22.5 Å². The highest BCUT2D eigenvalue weighted by atomic mass is 32.1. The maximum atomic E-state index is 11.1. The van der Waals surface area contributed by atoms with Crippen LogP contribution in [0.1, 0.15) is 18.9 Å².